The van der Waals surface area contributed by atoms with Crippen molar-refractivity contribution >= 4 is 10.1 Å². The summed E-state index contributed by atoms with van der Waals surface area (Å²) in [4.78, 5) is 4.05. The maximum atomic E-state index is 11.4. The smallest absolute Gasteiger partial charge is 0.295 e. The zero-order valence-corrected chi connectivity index (χ0v) is 17.0. The van der Waals surface area contributed by atoms with E-state index >= 15 is 0 Å². The van der Waals surface area contributed by atoms with Crippen LogP contribution in [0.2, 0.25) is 0 Å². The highest BCUT2D eigenvalue weighted by Crippen LogP contribution is 2.29. The van der Waals surface area contributed by atoms with E-state index < -0.39 is 40.2 Å². The van der Waals surface area contributed by atoms with Crippen molar-refractivity contribution in [2.24, 2.45) is 0 Å². The number of ether oxygens (including phenoxy) is 3. The van der Waals surface area contributed by atoms with E-state index in [2.05, 4.69) is 4.98 Å². The highest BCUT2D eigenvalue weighted by Gasteiger charge is 2.50. The van der Waals surface area contributed by atoms with Gasteiger partial charge < -0.3 is 29.5 Å². The van der Waals surface area contributed by atoms with Crippen LogP contribution in [0.5, 0.6) is 11.5 Å². The summed E-state index contributed by atoms with van der Waals surface area (Å²) in [6.07, 6.45) is -4.50. The molecule has 4 N–H and O–H groups in total. The number of aromatic nitrogens is 1. The van der Waals surface area contributed by atoms with Gasteiger partial charge in [0, 0.05) is 11.8 Å². The highest BCUT2D eigenvalue weighted by atomic mass is 32.2. The average Bonchev–Trinajstić information content (AvgIpc) is 2.68. The molecule has 0 bridgehead atoms. The van der Waals surface area contributed by atoms with Gasteiger partial charge in [-0.25, -0.2) is 0 Å². The maximum Gasteiger partial charge on any atom is 0.295 e. The number of hydrogen-bond donors (Lipinski definition) is 4. The van der Waals surface area contributed by atoms with Crippen molar-refractivity contribution in [2.75, 3.05) is 0 Å². The lowest BCUT2D eigenvalue weighted by molar-refractivity contribution is -0.254. The van der Waals surface area contributed by atoms with Crippen LogP contribution in [-0.2, 0) is 14.9 Å². The van der Waals surface area contributed by atoms with Gasteiger partial charge >= 0.3 is 0 Å². The molecule has 0 saturated carbocycles. The van der Waals surface area contributed by atoms with E-state index in [-0.39, 0.29) is 11.9 Å². The largest absolute Gasteiger partial charge is 0.491 e. The molecule has 3 rings (SSSR count). The number of benzene rings is 1. The summed E-state index contributed by atoms with van der Waals surface area (Å²) in [7, 11) is -4.87. The zero-order valence-electron chi connectivity index (χ0n) is 16.2. The quantitative estimate of drug-likeness (QED) is 0.467. The molecule has 1 aliphatic rings. The summed E-state index contributed by atoms with van der Waals surface area (Å²) >= 11 is 0. The highest BCUT2D eigenvalue weighted by molar-refractivity contribution is 7.86. The molecule has 2 heterocycles. The summed E-state index contributed by atoms with van der Waals surface area (Å²) in [5.74, 6) is 0.813. The molecule has 1 fully saturated rings. The van der Waals surface area contributed by atoms with Gasteiger partial charge in [0.25, 0.3) is 10.1 Å². The monoisotopic (exact) mass is 441 g/mol. The minimum absolute atomic E-state index is 0.0385. The van der Waals surface area contributed by atoms with Crippen molar-refractivity contribution in [1.82, 2.24) is 4.98 Å². The Labute approximate surface area is 173 Å². The Balaban J connectivity index is 1.79. The Morgan fingerprint density at radius 3 is 2.23 bits per heavy atom. The number of pyridine rings is 1. The van der Waals surface area contributed by atoms with Gasteiger partial charge in [-0.1, -0.05) is 12.1 Å². The van der Waals surface area contributed by atoms with Gasteiger partial charge in [-0.3, -0.25) is 9.54 Å². The first-order valence-electron chi connectivity index (χ1n) is 9.11. The molecule has 1 aromatic heterocycles. The fourth-order valence-corrected chi connectivity index (χ4v) is 3.70. The van der Waals surface area contributed by atoms with Gasteiger partial charge in [-0.2, -0.15) is 8.42 Å². The van der Waals surface area contributed by atoms with Crippen molar-refractivity contribution < 1.29 is 42.5 Å². The number of hydrogen-bond acceptors (Lipinski definition) is 9. The van der Waals surface area contributed by atoms with Gasteiger partial charge in [0.2, 0.25) is 11.7 Å². The normalized spacial score (nSPS) is 27.1. The standard InChI is InChI=1S/C19H23NO9S/c1-10(2)27-13-5-3-11(4-6-13)12-7-14(9-20-8-12)28-18-16(22)15(21)17(23)19(29-18)30(24,25)26/h3-10,15-19,21-23H,1-2H3,(H,24,25,26)/t15-,16-,17+,18-,19?/m1/s1. The molecular weight excluding hydrogens is 418 g/mol. The predicted octanol–water partition coefficient (Wildman–Crippen LogP) is 0.567. The molecule has 2 aromatic rings. The number of nitrogens with zero attached hydrogens (tertiary/aromatic N) is 1. The molecule has 1 unspecified atom stereocenters. The van der Waals surface area contributed by atoms with E-state index in [9.17, 15) is 28.3 Å². The summed E-state index contributed by atoms with van der Waals surface area (Å²) in [6, 6.07) is 8.80. The van der Waals surface area contributed by atoms with E-state index in [1.54, 1.807) is 24.4 Å². The topological polar surface area (TPSA) is 156 Å². The van der Waals surface area contributed by atoms with Crippen molar-refractivity contribution in [2.45, 2.75) is 50.0 Å². The number of aliphatic hydroxyl groups is 3. The Bertz CT molecular complexity index is 964. The Kier molecular flexibility index (Phi) is 6.60. The molecule has 11 heteroatoms. The molecule has 1 aliphatic heterocycles. The van der Waals surface area contributed by atoms with Crippen LogP contribution in [0.25, 0.3) is 11.1 Å². The minimum atomic E-state index is -4.87. The second-order valence-corrected chi connectivity index (χ2v) is 8.57. The van der Waals surface area contributed by atoms with Crippen LogP contribution in [0.3, 0.4) is 0 Å². The van der Waals surface area contributed by atoms with Crippen molar-refractivity contribution in [3.05, 3.63) is 42.7 Å². The lowest BCUT2D eigenvalue weighted by atomic mass is 10.1. The molecule has 164 valence electrons. The van der Waals surface area contributed by atoms with Crippen LogP contribution in [-0.4, -0.2) is 69.4 Å². The third-order valence-corrected chi connectivity index (χ3v) is 5.32. The molecular formula is C19H23NO9S. The molecule has 0 amide bonds. The molecule has 30 heavy (non-hydrogen) atoms. The molecule has 0 aliphatic carbocycles. The fraction of sp³-hybridized carbons (Fsp3) is 0.421. The molecule has 5 atom stereocenters. The van der Waals surface area contributed by atoms with Gasteiger partial charge in [0.15, 0.2) is 0 Å². The first kappa shape index (κ1) is 22.4. The predicted molar refractivity (Wildman–Crippen MR) is 104 cm³/mol. The van der Waals surface area contributed by atoms with Crippen LogP contribution in [0.4, 0.5) is 0 Å². The minimum Gasteiger partial charge on any atom is -0.491 e. The Hall–Kier alpha value is -2.28. The molecule has 1 aromatic carbocycles. The van der Waals surface area contributed by atoms with E-state index in [1.807, 2.05) is 26.0 Å². The van der Waals surface area contributed by atoms with E-state index in [4.69, 9.17) is 14.2 Å². The van der Waals surface area contributed by atoms with E-state index in [1.165, 1.54) is 6.20 Å². The Morgan fingerprint density at radius 1 is 0.967 bits per heavy atom. The lowest BCUT2D eigenvalue weighted by Gasteiger charge is -2.38. The summed E-state index contributed by atoms with van der Waals surface area (Å²) < 4.78 is 48.0. The summed E-state index contributed by atoms with van der Waals surface area (Å²) in [5.41, 5.74) is -0.730. The molecule has 0 spiro atoms. The Morgan fingerprint density at radius 2 is 1.63 bits per heavy atom. The van der Waals surface area contributed by atoms with Gasteiger partial charge in [-0.15, -0.1) is 0 Å². The number of aliphatic hydroxyl groups excluding tert-OH is 3. The van der Waals surface area contributed by atoms with Crippen LogP contribution in [0, 0.1) is 0 Å². The number of rotatable bonds is 6. The maximum absolute atomic E-state index is 11.4. The SMILES string of the molecule is CC(C)Oc1ccc(-c2cncc(O[C@@H]3OC(S(=O)(=O)O)[C@@H](O)[C@H](O)[C@H]3O)c2)cc1. The second-order valence-electron chi connectivity index (χ2n) is 7.08. The molecule has 0 radical (unpaired) electrons. The zero-order chi connectivity index (χ0) is 22.1. The van der Waals surface area contributed by atoms with Crippen molar-refractivity contribution in [3.63, 3.8) is 0 Å². The average molecular weight is 441 g/mol. The summed E-state index contributed by atoms with van der Waals surface area (Å²) in [5, 5.41) is 29.7. The fourth-order valence-electron chi connectivity index (χ4n) is 2.93. The van der Waals surface area contributed by atoms with Gasteiger partial charge in [0.1, 0.15) is 29.8 Å². The second kappa shape index (κ2) is 8.84. The van der Waals surface area contributed by atoms with Crippen LogP contribution in [0.1, 0.15) is 13.8 Å². The first-order valence-corrected chi connectivity index (χ1v) is 10.6. The molecule has 10 nitrogen and oxygen atoms in total. The van der Waals surface area contributed by atoms with Crippen LogP contribution >= 0.6 is 0 Å². The molecule has 1 saturated heterocycles. The van der Waals surface area contributed by atoms with Crippen molar-refractivity contribution in [1.29, 1.82) is 0 Å². The third-order valence-electron chi connectivity index (χ3n) is 4.34. The van der Waals surface area contributed by atoms with E-state index in [0.29, 0.717) is 11.3 Å². The van der Waals surface area contributed by atoms with Crippen molar-refractivity contribution in [3.8, 4) is 22.6 Å². The first-order chi connectivity index (χ1) is 14.1. The third kappa shape index (κ3) is 5.06. The van der Waals surface area contributed by atoms with Crippen LogP contribution in [0.15, 0.2) is 42.7 Å². The lowest BCUT2D eigenvalue weighted by Crippen LogP contribution is -2.61. The van der Waals surface area contributed by atoms with Crippen LogP contribution < -0.4 is 9.47 Å². The van der Waals surface area contributed by atoms with E-state index in [0.717, 1.165) is 5.56 Å². The van der Waals surface area contributed by atoms with Gasteiger partial charge in [0.05, 0.1) is 12.3 Å². The van der Waals surface area contributed by atoms with Gasteiger partial charge in [-0.05, 0) is 37.6 Å². The summed E-state index contributed by atoms with van der Waals surface area (Å²) in [6.45, 7) is 3.84.